The number of nitrogens with one attached hydrogen (secondary N) is 1. The molecule has 0 bridgehead atoms. The van der Waals surface area contributed by atoms with E-state index in [0.29, 0.717) is 5.75 Å². The molecule has 1 amide bonds. The van der Waals surface area contributed by atoms with Crippen LogP contribution in [0.5, 0.6) is 0 Å². The maximum atomic E-state index is 12.2. The van der Waals surface area contributed by atoms with E-state index in [0.717, 1.165) is 22.6 Å². The zero-order valence-corrected chi connectivity index (χ0v) is 12.8. The van der Waals surface area contributed by atoms with Crippen LogP contribution in [-0.2, 0) is 10.5 Å². The van der Waals surface area contributed by atoms with Gasteiger partial charge in [-0.1, -0.05) is 18.2 Å². The van der Waals surface area contributed by atoms with Gasteiger partial charge in [-0.05, 0) is 44.0 Å². The number of benzene rings is 1. The Hall–Kier alpha value is -1.68. The highest BCUT2D eigenvalue weighted by atomic mass is 32.2. The molecule has 0 saturated heterocycles. The molecule has 0 aliphatic rings. The van der Waals surface area contributed by atoms with Gasteiger partial charge < -0.3 is 9.73 Å². The molecule has 1 atom stereocenters. The molecule has 0 radical (unpaired) electrons. The summed E-state index contributed by atoms with van der Waals surface area (Å²) in [5, 5.41) is 2.89. The average Bonchev–Trinajstić information content (AvgIpc) is 2.93. The van der Waals surface area contributed by atoms with Crippen molar-refractivity contribution in [3.63, 3.8) is 0 Å². The van der Waals surface area contributed by atoms with Crippen LogP contribution < -0.4 is 5.32 Å². The molecule has 20 heavy (non-hydrogen) atoms. The average molecular weight is 289 g/mol. The number of carbonyl (C=O) groups is 1. The molecule has 106 valence electrons. The van der Waals surface area contributed by atoms with E-state index in [1.165, 1.54) is 0 Å². The Morgan fingerprint density at radius 2 is 1.95 bits per heavy atom. The third-order valence-electron chi connectivity index (χ3n) is 3.15. The van der Waals surface area contributed by atoms with Crippen molar-refractivity contribution in [2.24, 2.45) is 0 Å². The molecule has 4 heteroatoms. The number of amides is 1. The second kappa shape index (κ2) is 6.66. The van der Waals surface area contributed by atoms with Gasteiger partial charge in [-0.3, -0.25) is 4.79 Å². The molecule has 0 saturated carbocycles. The minimum atomic E-state index is -0.126. The summed E-state index contributed by atoms with van der Waals surface area (Å²) in [6, 6.07) is 9.78. The molecule has 2 rings (SSSR count). The minimum Gasteiger partial charge on any atom is -0.468 e. The monoisotopic (exact) mass is 289 g/mol. The van der Waals surface area contributed by atoms with Crippen molar-refractivity contribution in [1.29, 1.82) is 0 Å². The van der Waals surface area contributed by atoms with Gasteiger partial charge in [0.15, 0.2) is 0 Å². The lowest BCUT2D eigenvalue weighted by molar-refractivity contribution is -0.115. The summed E-state index contributed by atoms with van der Waals surface area (Å²) in [5.41, 5.74) is 3.09. The highest BCUT2D eigenvalue weighted by molar-refractivity contribution is 7.99. The number of hydrogen-bond donors (Lipinski definition) is 1. The molecular weight excluding hydrogens is 270 g/mol. The van der Waals surface area contributed by atoms with Gasteiger partial charge in [0.05, 0.1) is 17.3 Å². The topological polar surface area (TPSA) is 42.2 Å². The van der Waals surface area contributed by atoms with E-state index in [1.54, 1.807) is 18.0 Å². The van der Waals surface area contributed by atoms with Gasteiger partial charge in [0, 0.05) is 5.69 Å². The van der Waals surface area contributed by atoms with E-state index in [1.807, 2.05) is 51.1 Å². The maximum Gasteiger partial charge on any atom is 0.237 e. The Labute approximate surface area is 123 Å². The first-order valence-electron chi connectivity index (χ1n) is 6.59. The van der Waals surface area contributed by atoms with Crippen LogP contribution in [0.2, 0.25) is 0 Å². The number of carbonyl (C=O) groups excluding carboxylic acids is 1. The molecule has 1 N–H and O–H groups in total. The molecule has 1 unspecified atom stereocenters. The third kappa shape index (κ3) is 3.67. The standard InChI is InChI=1S/C16H19NO2S/c1-11-6-4-7-12(2)15(11)17-16(18)13(3)20-10-14-8-5-9-19-14/h4-9,13H,10H2,1-3H3,(H,17,18). The van der Waals surface area contributed by atoms with Crippen LogP contribution in [0.1, 0.15) is 23.8 Å². The number of aryl methyl sites for hydroxylation is 2. The summed E-state index contributed by atoms with van der Waals surface area (Å²) >= 11 is 1.57. The summed E-state index contributed by atoms with van der Waals surface area (Å²) in [7, 11) is 0. The van der Waals surface area contributed by atoms with Crippen LogP contribution in [0.15, 0.2) is 41.0 Å². The fourth-order valence-corrected chi connectivity index (χ4v) is 2.70. The number of anilines is 1. The van der Waals surface area contributed by atoms with Gasteiger partial charge in [-0.2, -0.15) is 0 Å². The van der Waals surface area contributed by atoms with Crippen molar-refractivity contribution in [2.45, 2.75) is 31.8 Å². The van der Waals surface area contributed by atoms with Crippen molar-refractivity contribution in [3.8, 4) is 0 Å². The van der Waals surface area contributed by atoms with E-state index < -0.39 is 0 Å². The number of thioether (sulfide) groups is 1. The predicted molar refractivity (Wildman–Crippen MR) is 84.0 cm³/mol. The predicted octanol–water partition coefficient (Wildman–Crippen LogP) is 4.16. The zero-order chi connectivity index (χ0) is 14.5. The lowest BCUT2D eigenvalue weighted by Gasteiger charge is -2.15. The van der Waals surface area contributed by atoms with Crippen molar-refractivity contribution in [1.82, 2.24) is 0 Å². The van der Waals surface area contributed by atoms with Crippen molar-refractivity contribution in [3.05, 3.63) is 53.5 Å². The fraction of sp³-hybridized carbons (Fsp3) is 0.312. The van der Waals surface area contributed by atoms with Crippen LogP contribution in [0, 0.1) is 13.8 Å². The zero-order valence-electron chi connectivity index (χ0n) is 12.0. The molecule has 3 nitrogen and oxygen atoms in total. The van der Waals surface area contributed by atoms with Gasteiger partial charge in [-0.15, -0.1) is 11.8 Å². The summed E-state index contributed by atoms with van der Waals surface area (Å²) in [4.78, 5) is 12.2. The lowest BCUT2D eigenvalue weighted by atomic mass is 10.1. The second-order valence-corrected chi connectivity index (χ2v) is 6.12. The SMILES string of the molecule is Cc1cccc(C)c1NC(=O)C(C)SCc1ccco1. The van der Waals surface area contributed by atoms with Crippen LogP contribution in [0.3, 0.4) is 0 Å². The molecule has 0 fully saturated rings. The molecular formula is C16H19NO2S. The Morgan fingerprint density at radius 3 is 2.55 bits per heavy atom. The molecule has 1 aromatic heterocycles. The molecule has 0 aliphatic heterocycles. The first-order chi connectivity index (χ1) is 9.58. The normalized spacial score (nSPS) is 12.2. The van der Waals surface area contributed by atoms with Crippen LogP contribution >= 0.6 is 11.8 Å². The van der Waals surface area contributed by atoms with Crippen LogP contribution in [0.25, 0.3) is 0 Å². The first kappa shape index (κ1) is 14.7. The Kier molecular flexibility index (Phi) is 4.90. The van der Waals surface area contributed by atoms with Crippen molar-refractivity contribution < 1.29 is 9.21 Å². The summed E-state index contributed by atoms with van der Waals surface area (Å²) in [6.07, 6.45) is 1.65. The summed E-state index contributed by atoms with van der Waals surface area (Å²) in [5.74, 6) is 1.62. The maximum absolute atomic E-state index is 12.2. The highest BCUT2D eigenvalue weighted by Gasteiger charge is 2.15. The quantitative estimate of drug-likeness (QED) is 0.898. The molecule has 1 aromatic carbocycles. The van der Waals surface area contributed by atoms with E-state index in [9.17, 15) is 4.79 Å². The number of para-hydroxylation sites is 1. The fourth-order valence-electron chi connectivity index (χ4n) is 1.91. The number of rotatable bonds is 5. The van der Waals surface area contributed by atoms with Crippen LogP contribution in [-0.4, -0.2) is 11.2 Å². The largest absolute Gasteiger partial charge is 0.468 e. The molecule has 1 heterocycles. The van der Waals surface area contributed by atoms with Gasteiger partial charge >= 0.3 is 0 Å². The molecule has 0 spiro atoms. The smallest absolute Gasteiger partial charge is 0.237 e. The number of hydrogen-bond acceptors (Lipinski definition) is 3. The van der Waals surface area contributed by atoms with E-state index in [2.05, 4.69) is 5.32 Å². The first-order valence-corrected chi connectivity index (χ1v) is 7.64. The Balaban J connectivity index is 1.94. The minimum absolute atomic E-state index is 0.0268. The van der Waals surface area contributed by atoms with E-state index in [4.69, 9.17) is 4.42 Å². The summed E-state index contributed by atoms with van der Waals surface area (Å²) in [6.45, 7) is 5.92. The number of furan rings is 1. The van der Waals surface area contributed by atoms with Crippen LogP contribution in [0.4, 0.5) is 5.69 Å². The second-order valence-electron chi connectivity index (χ2n) is 4.79. The van der Waals surface area contributed by atoms with Gasteiger partial charge in [0.1, 0.15) is 5.76 Å². The third-order valence-corrected chi connectivity index (χ3v) is 4.32. The van der Waals surface area contributed by atoms with Crippen molar-refractivity contribution in [2.75, 3.05) is 5.32 Å². The van der Waals surface area contributed by atoms with Gasteiger partial charge in [0.25, 0.3) is 0 Å². The molecule has 2 aromatic rings. The Morgan fingerprint density at radius 1 is 1.25 bits per heavy atom. The lowest BCUT2D eigenvalue weighted by Crippen LogP contribution is -2.23. The highest BCUT2D eigenvalue weighted by Crippen LogP contribution is 2.23. The van der Waals surface area contributed by atoms with Gasteiger partial charge in [0.2, 0.25) is 5.91 Å². The van der Waals surface area contributed by atoms with E-state index in [-0.39, 0.29) is 11.2 Å². The summed E-state index contributed by atoms with van der Waals surface area (Å²) < 4.78 is 5.27. The van der Waals surface area contributed by atoms with E-state index >= 15 is 0 Å². The van der Waals surface area contributed by atoms with Gasteiger partial charge in [-0.25, -0.2) is 0 Å². The van der Waals surface area contributed by atoms with Crippen molar-refractivity contribution >= 4 is 23.4 Å². The molecule has 0 aliphatic carbocycles. The Bertz CT molecular complexity index is 558.